The highest BCUT2D eigenvalue weighted by molar-refractivity contribution is 7.89. The summed E-state index contributed by atoms with van der Waals surface area (Å²) in [5.41, 5.74) is 2.28. The number of furan rings is 1. The molecule has 0 saturated carbocycles. The number of benzene rings is 1. The van der Waals surface area contributed by atoms with Gasteiger partial charge in [-0.25, -0.2) is 13.6 Å². The molecule has 3 N–H and O–H groups in total. The van der Waals surface area contributed by atoms with Crippen LogP contribution in [0.25, 0.3) is 0 Å². The Kier molecular flexibility index (Phi) is 4.23. The maximum atomic E-state index is 12.7. The van der Waals surface area contributed by atoms with Crippen LogP contribution in [0.3, 0.4) is 0 Å². The Hall–Kier alpha value is -2.12. The third-order valence-corrected chi connectivity index (χ3v) is 5.45. The zero-order valence-corrected chi connectivity index (χ0v) is 14.4. The van der Waals surface area contributed by atoms with Crippen LogP contribution >= 0.6 is 0 Å². The summed E-state index contributed by atoms with van der Waals surface area (Å²) in [6.07, 6.45) is 2.76. The van der Waals surface area contributed by atoms with Gasteiger partial charge in [-0.05, 0) is 44.2 Å². The van der Waals surface area contributed by atoms with E-state index in [1.807, 2.05) is 18.2 Å². The topological polar surface area (TPSA) is 102 Å². The van der Waals surface area contributed by atoms with E-state index in [1.165, 1.54) is 12.5 Å². The maximum Gasteiger partial charge on any atom is 0.256 e. The molecule has 3 rings (SSSR count). The first kappa shape index (κ1) is 16.7. The standard InChI is InChI=1S/C17H20N2O4S/c1-10-15(16(11(2)23-10)24(18,21)22)17(20)19-14-9-5-7-12-6-3-4-8-13(12)14/h3-4,6,8,14H,5,7,9H2,1-2H3,(H,19,20)(H2,18,21,22)/t14-/m1/s1. The minimum Gasteiger partial charge on any atom is -0.464 e. The summed E-state index contributed by atoms with van der Waals surface area (Å²) in [5.74, 6) is -0.0996. The van der Waals surface area contributed by atoms with Crippen LogP contribution in [0.4, 0.5) is 0 Å². The Morgan fingerprint density at radius 1 is 1.25 bits per heavy atom. The van der Waals surface area contributed by atoms with Crippen molar-refractivity contribution in [2.45, 2.75) is 44.0 Å². The Morgan fingerprint density at radius 3 is 2.67 bits per heavy atom. The molecule has 0 bridgehead atoms. The molecule has 0 saturated heterocycles. The molecular weight excluding hydrogens is 328 g/mol. The van der Waals surface area contributed by atoms with Crippen molar-refractivity contribution in [2.24, 2.45) is 5.14 Å². The molecule has 128 valence electrons. The highest BCUT2D eigenvalue weighted by Crippen LogP contribution is 2.31. The third-order valence-electron chi connectivity index (χ3n) is 4.39. The van der Waals surface area contributed by atoms with Gasteiger partial charge >= 0.3 is 0 Å². The first-order valence-corrected chi connectivity index (χ1v) is 9.35. The molecule has 0 spiro atoms. The number of hydrogen-bond donors (Lipinski definition) is 2. The summed E-state index contributed by atoms with van der Waals surface area (Å²) in [5, 5.41) is 8.19. The SMILES string of the molecule is Cc1oc(C)c(S(N)(=O)=O)c1C(=O)N[C@@H]1CCCc2ccccc21. The summed E-state index contributed by atoms with van der Waals surface area (Å²) in [7, 11) is -4.04. The number of nitrogens with one attached hydrogen (secondary N) is 1. The van der Waals surface area contributed by atoms with Crippen molar-refractivity contribution in [2.75, 3.05) is 0 Å². The molecule has 1 heterocycles. The quantitative estimate of drug-likeness (QED) is 0.888. The molecule has 0 aliphatic heterocycles. The van der Waals surface area contributed by atoms with Crippen LogP contribution in [0.15, 0.2) is 33.6 Å². The Bertz CT molecular complexity index is 899. The molecular formula is C17H20N2O4S. The van der Waals surface area contributed by atoms with E-state index in [9.17, 15) is 13.2 Å². The smallest absolute Gasteiger partial charge is 0.256 e. The second-order valence-corrected chi connectivity index (χ2v) is 7.58. The van der Waals surface area contributed by atoms with Gasteiger partial charge in [-0.15, -0.1) is 0 Å². The summed E-state index contributed by atoms with van der Waals surface area (Å²) < 4.78 is 29.0. The highest BCUT2D eigenvalue weighted by Gasteiger charge is 2.30. The number of nitrogens with two attached hydrogens (primary N) is 1. The molecule has 0 radical (unpaired) electrons. The Balaban J connectivity index is 1.96. The zero-order chi connectivity index (χ0) is 17.5. The minimum atomic E-state index is -4.04. The summed E-state index contributed by atoms with van der Waals surface area (Å²) in [6, 6.07) is 7.81. The van der Waals surface area contributed by atoms with Gasteiger partial charge in [0.2, 0.25) is 10.0 Å². The maximum absolute atomic E-state index is 12.7. The lowest BCUT2D eigenvalue weighted by atomic mass is 9.87. The number of aryl methyl sites for hydroxylation is 3. The molecule has 0 unspecified atom stereocenters. The van der Waals surface area contributed by atoms with Gasteiger partial charge in [0.15, 0.2) is 0 Å². The summed E-state index contributed by atoms with van der Waals surface area (Å²) in [4.78, 5) is 12.5. The van der Waals surface area contributed by atoms with E-state index in [2.05, 4.69) is 11.4 Å². The number of fused-ring (bicyclic) bond motifs is 1. The van der Waals surface area contributed by atoms with E-state index in [4.69, 9.17) is 9.56 Å². The van der Waals surface area contributed by atoms with E-state index in [-0.39, 0.29) is 28.0 Å². The molecule has 1 atom stereocenters. The fourth-order valence-electron chi connectivity index (χ4n) is 3.40. The fraction of sp³-hybridized carbons (Fsp3) is 0.353. The number of carbonyl (C=O) groups excluding carboxylic acids is 1. The van der Waals surface area contributed by atoms with Crippen molar-refractivity contribution >= 4 is 15.9 Å². The molecule has 1 aliphatic carbocycles. The fourth-order valence-corrected chi connectivity index (χ4v) is 4.37. The number of hydrogen-bond acceptors (Lipinski definition) is 4. The Morgan fingerprint density at radius 2 is 1.96 bits per heavy atom. The van der Waals surface area contributed by atoms with Crippen molar-refractivity contribution in [1.29, 1.82) is 0 Å². The predicted octanol–water partition coefficient (Wildman–Crippen LogP) is 2.35. The van der Waals surface area contributed by atoms with Crippen molar-refractivity contribution < 1.29 is 17.6 Å². The van der Waals surface area contributed by atoms with Crippen molar-refractivity contribution in [3.05, 3.63) is 52.5 Å². The average Bonchev–Trinajstić information content (AvgIpc) is 2.82. The normalized spacial score (nSPS) is 17.4. The Labute approximate surface area is 141 Å². The highest BCUT2D eigenvalue weighted by atomic mass is 32.2. The second-order valence-electron chi connectivity index (χ2n) is 6.08. The minimum absolute atomic E-state index is 0.00180. The molecule has 24 heavy (non-hydrogen) atoms. The number of sulfonamides is 1. The van der Waals surface area contributed by atoms with E-state index in [1.54, 1.807) is 6.92 Å². The number of amides is 1. The van der Waals surface area contributed by atoms with Crippen LogP contribution in [0.2, 0.25) is 0 Å². The monoisotopic (exact) mass is 348 g/mol. The zero-order valence-electron chi connectivity index (χ0n) is 13.6. The van der Waals surface area contributed by atoms with Gasteiger partial charge < -0.3 is 9.73 Å². The van der Waals surface area contributed by atoms with E-state index >= 15 is 0 Å². The van der Waals surface area contributed by atoms with E-state index in [0.717, 1.165) is 24.8 Å². The van der Waals surface area contributed by atoms with Gasteiger partial charge in [-0.3, -0.25) is 4.79 Å². The van der Waals surface area contributed by atoms with Crippen LogP contribution < -0.4 is 10.5 Å². The summed E-state index contributed by atoms with van der Waals surface area (Å²) >= 11 is 0. The summed E-state index contributed by atoms with van der Waals surface area (Å²) in [6.45, 7) is 3.05. The largest absolute Gasteiger partial charge is 0.464 e. The number of rotatable bonds is 3. The molecule has 1 aromatic heterocycles. The molecule has 6 nitrogen and oxygen atoms in total. The van der Waals surface area contributed by atoms with E-state index in [0.29, 0.717) is 0 Å². The van der Waals surface area contributed by atoms with Crippen molar-refractivity contribution in [3.63, 3.8) is 0 Å². The first-order chi connectivity index (χ1) is 11.3. The van der Waals surface area contributed by atoms with Crippen molar-refractivity contribution in [1.82, 2.24) is 5.32 Å². The number of carbonyl (C=O) groups is 1. The molecule has 0 fully saturated rings. The molecule has 1 aliphatic rings. The average molecular weight is 348 g/mol. The van der Waals surface area contributed by atoms with Crippen LogP contribution in [-0.4, -0.2) is 14.3 Å². The van der Waals surface area contributed by atoms with Crippen LogP contribution in [-0.2, 0) is 16.4 Å². The second kappa shape index (κ2) is 6.07. The molecule has 1 aromatic carbocycles. The van der Waals surface area contributed by atoms with Crippen LogP contribution in [0, 0.1) is 13.8 Å². The van der Waals surface area contributed by atoms with Crippen molar-refractivity contribution in [3.8, 4) is 0 Å². The first-order valence-electron chi connectivity index (χ1n) is 7.80. The van der Waals surface area contributed by atoms with Gasteiger partial charge in [0.1, 0.15) is 22.0 Å². The lowest BCUT2D eigenvalue weighted by Crippen LogP contribution is -2.32. The van der Waals surface area contributed by atoms with Gasteiger partial charge in [-0.2, -0.15) is 0 Å². The van der Waals surface area contributed by atoms with Gasteiger partial charge in [-0.1, -0.05) is 24.3 Å². The lowest BCUT2D eigenvalue weighted by Gasteiger charge is -2.26. The third kappa shape index (κ3) is 2.97. The van der Waals surface area contributed by atoms with E-state index < -0.39 is 15.9 Å². The van der Waals surface area contributed by atoms with Gasteiger partial charge in [0.05, 0.1) is 6.04 Å². The lowest BCUT2D eigenvalue weighted by molar-refractivity contribution is 0.0928. The molecule has 2 aromatic rings. The van der Waals surface area contributed by atoms with Gasteiger partial charge in [0, 0.05) is 0 Å². The molecule has 7 heteroatoms. The number of primary sulfonamides is 1. The molecule has 1 amide bonds. The van der Waals surface area contributed by atoms with Crippen LogP contribution in [0.1, 0.15) is 51.9 Å². The predicted molar refractivity (Wildman–Crippen MR) is 89.1 cm³/mol. The van der Waals surface area contributed by atoms with Gasteiger partial charge in [0.25, 0.3) is 5.91 Å². The van der Waals surface area contributed by atoms with Crippen LogP contribution in [0.5, 0.6) is 0 Å².